The summed E-state index contributed by atoms with van der Waals surface area (Å²) in [5.74, 6) is -0.357. The van der Waals surface area contributed by atoms with Crippen molar-refractivity contribution in [1.29, 1.82) is 0 Å². The van der Waals surface area contributed by atoms with Gasteiger partial charge in [0.05, 0.1) is 19.1 Å². The van der Waals surface area contributed by atoms with Crippen molar-refractivity contribution in [1.82, 2.24) is 0 Å². The molecule has 1 aliphatic rings. The third-order valence-electron chi connectivity index (χ3n) is 2.75. The highest BCUT2D eigenvalue weighted by Gasteiger charge is 2.31. The number of esters is 1. The van der Waals surface area contributed by atoms with Crippen molar-refractivity contribution in [2.24, 2.45) is 5.50 Å². The molecule has 1 aromatic heterocycles. The summed E-state index contributed by atoms with van der Waals surface area (Å²) in [6.07, 6.45) is 1.65. The second-order valence-corrected chi connectivity index (χ2v) is 6.83. The first-order chi connectivity index (χ1) is 8.54. The van der Waals surface area contributed by atoms with E-state index in [1.807, 2.05) is 12.0 Å². The van der Waals surface area contributed by atoms with Crippen LogP contribution in [-0.4, -0.2) is 31.9 Å². The predicted octanol–water partition coefficient (Wildman–Crippen LogP) is 1.76. The van der Waals surface area contributed by atoms with Crippen LogP contribution in [0.25, 0.3) is 0 Å². The minimum Gasteiger partial charge on any atom is -0.465 e. The summed E-state index contributed by atoms with van der Waals surface area (Å²) in [6, 6.07) is 0. The summed E-state index contributed by atoms with van der Waals surface area (Å²) in [5.41, 5.74) is 7.58. The van der Waals surface area contributed by atoms with Crippen LogP contribution in [0.4, 0.5) is 5.69 Å². The number of fused-ring (bicyclic) bond motifs is 1. The van der Waals surface area contributed by atoms with E-state index in [0.29, 0.717) is 29.7 Å². The Labute approximate surface area is 111 Å². The van der Waals surface area contributed by atoms with Crippen molar-refractivity contribution in [3.63, 3.8) is 0 Å². The highest BCUT2D eigenvalue weighted by atomic mass is 32.1. The van der Waals surface area contributed by atoms with E-state index in [0.717, 1.165) is 5.56 Å². The molecule has 7 heteroatoms. The third kappa shape index (κ3) is 2.41. The Morgan fingerprint density at radius 2 is 2.33 bits per heavy atom. The number of amides is 1. The van der Waals surface area contributed by atoms with Crippen molar-refractivity contribution >= 4 is 37.0 Å². The summed E-state index contributed by atoms with van der Waals surface area (Å²) >= 11 is 1.33. The number of carbonyl (C=O) groups excluding carboxylic acids is 2. The van der Waals surface area contributed by atoms with E-state index in [1.165, 1.54) is 18.4 Å². The molecule has 0 radical (unpaired) electrons. The van der Waals surface area contributed by atoms with Gasteiger partial charge < -0.3 is 15.1 Å². The molecule has 1 amide bonds. The highest BCUT2D eigenvalue weighted by molar-refractivity contribution is 7.54. The molecule has 0 aliphatic carbocycles. The molecule has 1 unspecified atom stereocenters. The minimum absolute atomic E-state index is 0.0332. The van der Waals surface area contributed by atoms with Crippen LogP contribution in [0.15, 0.2) is 5.38 Å². The molecular weight excluding hydrogens is 271 g/mol. The first-order valence-corrected chi connectivity index (χ1v) is 8.41. The molecule has 0 bridgehead atoms. The lowest BCUT2D eigenvalue weighted by Gasteiger charge is -2.29. The maximum Gasteiger partial charge on any atom is 0.350 e. The number of aryl methyl sites for hydroxylation is 1. The Balaban J connectivity index is 2.43. The van der Waals surface area contributed by atoms with Gasteiger partial charge in [0.15, 0.2) is 0 Å². The van der Waals surface area contributed by atoms with E-state index < -0.39 is 14.0 Å². The van der Waals surface area contributed by atoms with Gasteiger partial charge >= 0.3 is 5.97 Å². The van der Waals surface area contributed by atoms with Gasteiger partial charge in [-0.2, -0.15) is 0 Å². The fourth-order valence-corrected chi connectivity index (χ4v) is 3.74. The molecule has 2 rings (SSSR count). The molecule has 18 heavy (non-hydrogen) atoms. The van der Waals surface area contributed by atoms with Crippen LogP contribution in [0.3, 0.4) is 0 Å². The molecule has 2 heterocycles. The number of hydrogen-bond donors (Lipinski definition) is 1. The monoisotopic (exact) mass is 286 g/mol. The van der Waals surface area contributed by atoms with Gasteiger partial charge in [0.1, 0.15) is 4.88 Å². The Morgan fingerprint density at radius 1 is 1.61 bits per heavy atom. The second kappa shape index (κ2) is 5.34. The maximum atomic E-state index is 12.0. The average Bonchev–Trinajstić information content (AvgIpc) is 2.75. The molecule has 98 valence electrons. The Hall–Kier alpha value is -0.970. The zero-order valence-corrected chi connectivity index (χ0v) is 12.0. The molecule has 0 saturated heterocycles. The molecule has 0 fully saturated rings. The van der Waals surface area contributed by atoms with Crippen LogP contribution in [0.1, 0.15) is 21.7 Å². The van der Waals surface area contributed by atoms with Crippen LogP contribution in [0.5, 0.6) is 0 Å². The summed E-state index contributed by atoms with van der Waals surface area (Å²) in [5, 5.41) is 1.93. The molecule has 0 aromatic carbocycles. The fourth-order valence-electron chi connectivity index (χ4n) is 1.97. The highest BCUT2D eigenvalue weighted by Crippen LogP contribution is 2.39. The van der Waals surface area contributed by atoms with Crippen LogP contribution in [-0.2, 0) is 16.0 Å². The Morgan fingerprint density at radius 3 is 2.94 bits per heavy atom. The van der Waals surface area contributed by atoms with Crippen molar-refractivity contribution in [3.8, 4) is 0 Å². The molecular formula is C11H15N2O3PS. The van der Waals surface area contributed by atoms with Gasteiger partial charge in [0.25, 0.3) is 0 Å². The summed E-state index contributed by atoms with van der Waals surface area (Å²) in [6.45, 7) is 1.90. The van der Waals surface area contributed by atoms with E-state index in [2.05, 4.69) is 0 Å². The molecule has 1 aromatic rings. The van der Waals surface area contributed by atoms with Crippen molar-refractivity contribution in [2.75, 3.05) is 25.0 Å². The number of hydrogen-bond acceptors (Lipinski definition) is 5. The van der Waals surface area contributed by atoms with Crippen LogP contribution >= 0.6 is 19.4 Å². The van der Waals surface area contributed by atoms with Gasteiger partial charge in [-0.05, 0) is 32.1 Å². The van der Waals surface area contributed by atoms with Gasteiger partial charge in [0, 0.05) is 6.42 Å². The SMILES string of the molecule is COC(=O)c1scc2c1N(CP(C)N)C(=O)CC2. The zero-order valence-electron chi connectivity index (χ0n) is 10.3. The maximum absolute atomic E-state index is 12.0. The molecule has 1 aliphatic heterocycles. The summed E-state index contributed by atoms with van der Waals surface area (Å²) < 4.78 is 4.76. The standard InChI is InChI=1S/C11H15N2O3PS/c1-16-11(15)10-9-7(5-18-10)3-4-8(14)13(9)6-17(2)12/h5H,3-4,6,12H2,1-2H3. The Kier molecular flexibility index (Phi) is 4.00. The normalized spacial score (nSPS) is 16.4. The smallest absolute Gasteiger partial charge is 0.350 e. The van der Waals surface area contributed by atoms with Gasteiger partial charge in [0.2, 0.25) is 5.91 Å². The number of anilines is 1. The number of nitrogens with zero attached hydrogens (tertiary/aromatic N) is 1. The van der Waals surface area contributed by atoms with Gasteiger partial charge in [-0.1, -0.05) is 0 Å². The van der Waals surface area contributed by atoms with E-state index in [1.54, 1.807) is 4.90 Å². The van der Waals surface area contributed by atoms with Crippen molar-refractivity contribution < 1.29 is 14.3 Å². The topological polar surface area (TPSA) is 72.6 Å². The summed E-state index contributed by atoms with van der Waals surface area (Å²) in [4.78, 5) is 25.8. The number of carbonyl (C=O) groups is 2. The van der Waals surface area contributed by atoms with Crippen LogP contribution in [0.2, 0.25) is 0 Å². The van der Waals surface area contributed by atoms with Crippen molar-refractivity contribution in [3.05, 3.63) is 15.8 Å². The van der Waals surface area contributed by atoms with E-state index in [-0.39, 0.29) is 5.91 Å². The van der Waals surface area contributed by atoms with E-state index in [9.17, 15) is 9.59 Å². The van der Waals surface area contributed by atoms with E-state index in [4.69, 9.17) is 10.2 Å². The molecule has 5 nitrogen and oxygen atoms in total. The number of rotatable bonds is 3. The number of ether oxygens (including phenoxy) is 1. The summed E-state index contributed by atoms with van der Waals surface area (Å²) in [7, 11) is 0.612. The molecule has 1 atom stereocenters. The lowest BCUT2D eigenvalue weighted by atomic mass is 10.1. The zero-order chi connectivity index (χ0) is 13.3. The fraction of sp³-hybridized carbons (Fsp3) is 0.455. The lowest BCUT2D eigenvalue weighted by molar-refractivity contribution is -0.118. The van der Waals surface area contributed by atoms with Crippen LogP contribution in [0, 0.1) is 0 Å². The molecule has 0 saturated carbocycles. The number of thiophene rings is 1. The van der Waals surface area contributed by atoms with Gasteiger partial charge in [-0.3, -0.25) is 4.79 Å². The largest absolute Gasteiger partial charge is 0.465 e. The average molecular weight is 286 g/mol. The lowest BCUT2D eigenvalue weighted by Crippen LogP contribution is -2.36. The second-order valence-electron chi connectivity index (χ2n) is 4.15. The molecule has 2 N–H and O–H groups in total. The van der Waals surface area contributed by atoms with Gasteiger partial charge in [-0.15, -0.1) is 11.3 Å². The third-order valence-corrected chi connectivity index (χ3v) is 4.48. The van der Waals surface area contributed by atoms with Crippen LogP contribution < -0.4 is 10.4 Å². The van der Waals surface area contributed by atoms with Gasteiger partial charge in [-0.25, -0.2) is 4.79 Å². The minimum atomic E-state index is -0.734. The van der Waals surface area contributed by atoms with Crippen molar-refractivity contribution in [2.45, 2.75) is 12.8 Å². The first-order valence-electron chi connectivity index (χ1n) is 5.49. The first kappa shape index (κ1) is 13.5. The quantitative estimate of drug-likeness (QED) is 0.679. The molecule has 0 spiro atoms. The number of methoxy groups -OCH3 is 1. The number of nitrogens with two attached hydrogens (primary N) is 1. The predicted molar refractivity (Wildman–Crippen MR) is 73.4 cm³/mol. The van der Waals surface area contributed by atoms with E-state index >= 15 is 0 Å². The Bertz CT molecular complexity index is 487.